The van der Waals surface area contributed by atoms with E-state index in [2.05, 4.69) is 16.6 Å². The lowest BCUT2D eigenvalue weighted by molar-refractivity contribution is 1.40. The van der Waals surface area contributed by atoms with Crippen LogP contribution in [0.25, 0.3) is 22.7 Å². The van der Waals surface area contributed by atoms with Crippen LogP contribution in [0, 0.1) is 0 Å². The van der Waals surface area contributed by atoms with Crippen LogP contribution in [0.2, 0.25) is 5.02 Å². The van der Waals surface area contributed by atoms with Gasteiger partial charge < -0.3 is 10.7 Å². The van der Waals surface area contributed by atoms with Crippen LogP contribution in [0.1, 0.15) is 11.3 Å². The number of allylic oxidation sites excluding steroid dienone is 1. The zero-order valence-electron chi connectivity index (χ0n) is 10.1. The molecule has 1 aromatic carbocycles. The number of aliphatic imine (C=N–C) groups is 1. The van der Waals surface area contributed by atoms with E-state index >= 15 is 0 Å². The highest BCUT2D eigenvalue weighted by Crippen LogP contribution is 2.31. The molecule has 0 unspecified atom stereocenters. The van der Waals surface area contributed by atoms with Crippen LogP contribution in [-0.4, -0.2) is 18.2 Å². The molecule has 0 atom stereocenters. The second-order valence-electron chi connectivity index (χ2n) is 3.81. The fourth-order valence-electron chi connectivity index (χ4n) is 1.90. The van der Waals surface area contributed by atoms with Crippen molar-refractivity contribution in [2.24, 2.45) is 10.7 Å². The maximum atomic E-state index is 6.16. The molecule has 2 rings (SSSR count). The van der Waals surface area contributed by atoms with Gasteiger partial charge in [0.05, 0.1) is 10.5 Å². The Kier molecular flexibility index (Phi) is 3.53. The molecule has 0 aliphatic heterocycles. The first-order valence-corrected chi connectivity index (χ1v) is 5.87. The van der Waals surface area contributed by atoms with Gasteiger partial charge >= 0.3 is 0 Å². The number of hydrogen-bond donors (Lipinski definition) is 2. The molecule has 92 valence electrons. The predicted molar refractivity (Wildman–Crippen MR) is 80.0 cm³/mol. The van der Waals surface area contributed by atoms with Crippen molar-refractivity contribution >= 4 is 40.5 Å². The van der Waals surface area contributed by atoms with E-state index in [1.54, 1.807) is 25.4 Å². The topological polar surface area (TPSA) is 54.2 Å². The zero-order chi connectivity index (χ0) is 13.1. The molecule has 0 saturated heterocycles. The molecule has 0 bridgehead atoms. The van der Waals surface area contributed by atoms with Gasteiger partial charge in [-0.05, 0) is 18.2 Å². The Labute approximate surface area is 111 Å². The van der Waals surface area contributed by atoms with E-state index in [0.717, 1.165) is 22.2 Å². The van der Waals surface area contributed by atoms with Crippen LogP contribution in [0.3, 0.4) is 0 Å². The normalized spacial score (nSPS) is 12.4. The van der Waals surface area contributed by atoms with E-state index < -0.39 is 0 Å². The molecule has 1 aromatic heterocycles. The van der Waals surface area contributed by atoms with Gasteiger partial charge in [0.1, 0.15) is 0 Å². The van der Waals surface area contributed by atoms with Crippen molar-refractivity contribution in [3.63, 3.8) is 0 Å². The smallest absolute Gasteiger partial charge is 0.0655 e. The number of hydrogen-bond acceptors (Lipinski definition) is 2. The minimum atomic E-state index is 0.629. The summed E-state index contributed by atoms with van der Waals surface area (Å²) < 4.78 is 0. The second kappa shape index (κ2) is 5.10. The van der Waals surface area contributed by atoms with E-state index in [1.165, 1.54) is 0 Å². The monoisotopic (exact) mass is 259 g/mol. The molecule has 3 nitrogen and oxygen atoms in total. The summed E-state index contributed by atoms with van der Waals surface area (Å²) in [4.78, 5) is 7.12. The molecule has 1 heterocycles. The predicted octanol–water partition coefficient (Wildman–Crippen LogP) is 3.46. The van der Waals surface area contributed by atoms with E-state index in [0.29, 0.717) is 10.7 Å². The van der Waals surface area contributed by atoms with Crippen LogP contribution in [-0.2, 0) is 0 Å². The standard InChI is InChI=1S/C14H14ClN3/c1-3-12-13(11(16)7-8-17-2)9-5-4-6-10(15)14(9)18-12/h3-8,18H,1,16H2,2H3/b11-7-,17-8?. The van der Waals surface area contributed by atoms with Gasteiger partial charge in [0.15, 0.2) is 0 Å². The molecule has 4 heteroatoms. The third-order valence-electron chi connectivity index (χ3n) is 2.71. The van der Waals surface area contributed by atoms with Crippen LogP contribution >= 0.6 is 11.6 Å². The molecule has 0 fully saturated rings. The molecule has 0 radical (unpaired) electrons. The summed E-state index contributed by atoms with van der Waals surface area (Å²) in [6.07, 6.45) is 5.15. The molecule has 3 N–H and O–H groups in total. The number of benzene rings is 1. The van der Waals surface area contributed by atoms with E-state index in [-0.39, 0.29) is 0 Å². The minimum Gasteiger partial charge on any atom is -0.398 e. The number of H-pyrrole nitrogens is 1. The summed E-state index contributed by atoms with van der Waals surface area (Å²) in [5, 5.41) is 1.65. The Bertz CT molecular complexity index is 650. The van der Waals surface area contributed by atoms with Crippen molar-refractivity contribution in [2.75, 3.05) is 7.05 Å². The van der Waals surface area contributed by atoms with Gasteiger partial charge in [-0.25, -0.2) is 0 Å². The van der Waals surface area contributed by atoms with Gasteiger partial charge in [0.2, 0.25) is 0 Å². The van der Waals surface area contributed by atoms with Crippen molar-refractivity contribution < 1.29 is 0 Å². The largest absolute Gasteiger partial charge is 0.398 e. The van der Waals surface area contributed by atoms with Gasteiger partial charge in [0, 0.05) is 35.6 Å². The van der Waals surface area contributed by atoms with Crippen molar-refractivity contribution in [2.45, 2.75) is 0 Å². The van der Waals surface area contributed by atoms with Crippen molar-refractivity contribution in [3.8, 4) is 0 Å². The van der Waals surface area contributed by atoms with Crippen LogP contribution < -0.4 is 5.73 Å². The fourth-order valence-corrected chi connectivity index (χ4v) is 2.13. The number of aromatic nitrogens is 1. The lowest BCUT2D eigenvalue weighted by atomic mass is 10.1. The van der Waals surface area contributed by atoms with Crippen LogP contribution in [0.5, 0.6) is 0 Å². The summed E-state index contributed by atoms with van der Waals surface area (Å²) >= 11 is 6.16. The highest BCUT2D eigenvalue weighted by atomic mass is 35.5. The number of rotatable bonds is 3. The SMILES string of the molecule is C=Cc1[nH]c2c(Cl)cccc2c1/C(N)=C/C=NC. The number of halogens is 1. The summed E-state index contributed by atoms with van der Waals surface area (Å²) in [6, 6.07) is 5.71. The van der Waals surface area contributed by atoms with Gasteiger partial charge in [-0.1, -0.05) is 30.3 Å². The van der Waals surface area contributed by atoms with Gasteiger partial charge in [-0.3, -0.25) is 4.99 Å². The molecule has 0 aliphatic rings. The van der Waals surface area contributed by atoms with Crippen LogP contribution in [0.4, 0.5) is 0 Å². The number of fused-ring (bicyclic) bond motifs is 1. The number of aromatic amines is 1. The van der Waals surface area contributed by atoms with E-state index in [4.69, 9.17) is 17.3 Å². The number of nitrogens with two attached hydrogens (primary N) is 1. The van der Waals surface area contributed by atoms with E-state index in [9.17, 15) is 0 Å². The second-order valence-corrected chi connectivity index (χ2v) is 4.22. The average Bonchev–Trinajstić information content (AvgIpc) is 2.76. The van der Waals surface area contributed by atoms with Gasteiger partial charge in [-0.15, -0.1) is 0 Å². The Balaban J connectivity index is 2.75. The lowest BCUT2D eigenvalue weighted by Crippen LogP contribution is -1.97. The molecule has 0 amide bonds. The first-order valence-electron chi connectivity index (χ1n) is 5.50. The first-order chi connectivity index (χ1) is 8.69. The van der Waals surface area contributed by atoms with Gasteiger partial charge in [-0.2, -0.15) is 0 Å². The van der Waals surface area contributed by atoms with Crippen molar-refractivity contribution in [3.05, 3.63) is 47.1 Å². The quantitative estimate of drug-likeness (QED) is 0.815. The summed E-state index contributed by atoms with van der Waals surface area (Å²) in [6.45, 7) is 3.79. The Morgan fingerprint density at radius 1 is 1.50 bits per heavy atom. The molecule has 0 aliphatic carbocycles. The van der Waals surface area contributed by atoms with Gasteiger partial charge in [0.25, 0.3) is 0 Å². The highest BCUT2D eigenvalue weighted by Gasteiger charge is 2.12. The minimum absolute atomic E-state index is 0.629. The Morgan fingerprint density at radius 3 is 2.94 bits per heavy atom. The molecule has 0 saturated carbocycles. The molecular weight excluding hydrogens is 246 g/mol. The number of para-hydroxylation sites is 1. The number of nitrogens with zero attached hydrogens (tertiary/aromatic N) is 1. The van der Waals surface area contributed by atoms with Crippen LogP contribution in [0.15, 0.2) is 35.8 Å². The number of nitrogens with one attached hydrogen (secondary N) is 1. The van der Waals surface area contributed by atoms with Crippen molar-refractivity contribution in [1.82, 2.24) is 4.98 Å². The average molecular weight is 260 g/mol. The molecule has 2 aromatic rings. The third-order valence-corrected chi connectivity index (χ3v) is 3.02. The summed E-state index contributed by atoms with van der Waals surface area (Å²) in [5.74, 6) is 0. The maximum Gasteiger partial charge on any atom is 0.0655 e. The molecular formula is C14H14ClN3. The lowest BCUT2D eigenvalue weighted by Gasteiger charge is -2.01. The fraction of sp³-hybridized carbons (Fsp3) is 0.0714. The summed E-state index contributed by atoms with van der Waals surface area (Å²) in [5.41, 5.74) is 9.34. The molecule has 0 spiro atoms. The first kappa shape index (κ1) is 12.5. The molecule has 18 heavy (non-hydrogen) atoms. The Morgan fingerprint density at radius 2 is 2.28 bits per heavy atom. The summed E-state index contributed by atoms with van der Waals surface area (Å²) in [7, 11) is 1.70. The highest BCUT2D eigenvalue weighted by molar-refractivity contribution is 6.35. The van der Waals surface area contributed by atoms with E-state index in [1.807, 2.05) is 18.2 Å². The van der Waals surface area contributed by atoms with Crippen molar-refractivity contribution in [1.29, 1.82) is 0 Å². The Hall–Kier alpha value is -2.00. The zero-order valence-corrected chi connectivity index (χ0v) is 10.8. The maximum absolute atomic E-state index is 6.16. The third kappa shape index (κ3) is 2.05.